The zero-order valence-corrected chi connectivity index (χ0v) is 15.4. The number of benzene rings is 2. The van der Waals surface area contributed by atoms with E-state index < -0.39 is 26.6 Å². The number of carbonyl (C=O) groups excluding carboxylic acids is 1. The number of anilines is 1. The maximum absolute atomic E-state index is 13.9. The first-order valence-corrected chi connectivity index (χ1v) is 9.21. The highest BCUT2D eigenvalue weighted by Crippen LogP contribution is 2.25. The predicted molar refractivity (Wildman–Crippen MR) is 95.8 cm³/mol. The summed E-state index contributed by atoms with van der Waals surface area (Å²) in [6.07, 6.45) is 0. The van der Waals surface area contributed by atoms with Crippen LogP contribution in [0.3, 0.4) is 0 Å². The molecule has 1 N–H and O–H groups in total. The average Bonchev–Trinajstić information content (AvgIpc) is 2.55. The Kier molecular flexibility index (Phi) is 5.59. The van der Waals surface area contributed by atoms with E-state index in [0.717, 1.165) is 22.0 Å². The molecule has 0 saturated carbocycles. The summed E-state index contributed by atoms with van der Waals surface area (Å²) in [6.45, 7) is 4.01. The summed E-state index contributed by atoms with van der Waals surface area (Å²) >= 11 is 0. The normalized spacial score (nSPS) is 11.8. The number of carbonyl (C=O) groups is 1. The highest BCUT2D eigenvalue weighted by atomic mass is 32.2. The Morgan fingerprint density at radius 3 is 2.36 bits per heavy atom. The van der Waals surface area contributed by atoms with Gasteiger partial charge in [-0.3, -0.25) is 4.79 Å². The third-order valence-electron chi connectivity index (χ3n) is 3.78. The Balaban J connectivity index is 2.39. The second-order valence-electron chi connectivity index (χ2n) is 6.13. The van der Waals surface area contributed by atoms with Crippen LogP contribution >= 0.6 is 0 Å². The van der Waals surface area contributed by atoms with Crippen molar-refractivity contribution in [3.05, 3.63) is 59.4 Å². The highest BCUT2D eigenvalue weighted by molar-refractivity contribution is 7.89. The van der Waals surface area contributed by atoms with Crippen LogP contribution in [0.5, 0.6) is 0 Å². The number of amides is 1. The molecule has 0 atom stereocenters. The van der Waals surface area contributed by atoms with E-state index in [1.54, 1.807) is 12.1 Å². The Bertz CT molecular complexity index is 893. The minimum Gasteiger partial charge on any atom is -0.322 e. The van der Waals surface area contributed by atoms with Gasteiger partial charge in [0.2, 0.25) is 10.0 Å². The number of para-hydroxylation sites is 1. The topological polar surface area (TPSA) is 66.5 Å². The summed E-state index contributed by atoms with van der Waals surface area (Å²) in [5, 5.41) is 2.77. The second kappa shape index (κ2) is 7.33. The van der Waals surface area contributed by atoms with Crippen LogP contribution < -0.4 is 5.32 Å². The van der Waals surface area contributed by atoms with Crippen molar-refractivity contribution < 1.29 is 17.6 Å². The lowest BCUT2D eigenvalue weighted by atomic mass is 10.0. The van der Waals surface area contributed by atoms with Gasteiger partial charge in [0.05, 0.1) is 0 Å². The summed E-state index contributed by atoms with van der Waals surface area (Å²) in [7, 11) is -1.37. The summed E-state index contributed by atoms with van der Waals surface area (Å²) in [4.78, 5) is 12.0. The van der Waals surface area contributed by atoms with E-state index in [0.29, 0.717) is 5.69 Å². The van der Waals surface area contributed by atoms with E-state index in [2.05, 4.69) is 5.32 Å². The maximum atomic E-state index is 13.9. The van der Waals surface area contributed by atoms with E-state index in [9.17, 15) is 17.6 Å². The first-order valence-electron chi connectivity index (χ1n) is 7.77. The zero-order valence-electron chi connectivity index (χ0n) is 14.6. The van der Waals surface area contributed by atoms with Gasteiger partial charge in [0.15, 0.2) is 0 Å². The SMILES string of the molecule is CC(C)c1ccccc1NC(=O)c1ccc(F)c(S(=O)(=O)N(C)C)c1. The smallest absolute Gasteiger partial charge is 0.255 e. The number of halogens is 1. The number of hydrogen-bond acceptors (Lipinski definition) is 3. The first kappa shape index (κ1) is 19.1. The highest BCUT2D eigenvalue weighted by Gasteiger charge is 2.23. The molecule has 0 heterocycles. The fourth-order valence-electron chi connectivity index (χ4n) is 2.35. The minimum absolute atomic E-state index is 0.0698. The van der Waals surface area contributed by atoms with Gasteiger partial charge in [-0.2, -0.15) is 0 Å². The number of sulfonamides is 1. The Labute approximate surface area is 147 Å². The lowest BCUT2D eigenvalue weighted by Crippen LogP contribution is -2.24. The summed E-state index contributed by atoms with van der Waals surface area (Å²) in [6, 6.07) is 10.7. The van der Waals surface area contributed by atoms with Crippen LogP contribution in [0.1, 0.15) is 35.7 Å². The number of nitrogens with one attached hydrogen (secondary N) is 1. The van der Waals surface area contributed by atoms with Crippen LogP contribution in [0.15, 0.2) is 47.4 Å². The molecule has 0 aliphatic heterocycles. The second-order valence-corrected chi connectivity index (χ2v) is 8.25. The Hall–Kier alpha value is -2.25. The fourth-order valence-corrected chi connectivity index (χ4v) is 3.33. The van der Waals surface area contributed by atoms with E-state index in [1.807, 2.05) is 26.0 Å². The fraction of sp³-hybridized carbons (Fsp3) is 0.278. The molecule has 0 fully saturated rings. The summed E-state index contributed by atoms with van der Waals surface area (Å²) < 4.78 is 39.2. The van der Waals surface area contributed by atoms with Crippen molar-refractivity contribution in [2.45, 2.75) is 24.7 Å². The van der Waals surface area contributed by atoms with Crippen molar-refractivity contribution in [3.8, 4) is 0 Å². The Morgan fingerprint density at radius 1 is 1.12 bits per heavy atom. The van der Waals surface area contributed by atoms with E-state index >= 15 is 0 Å². The van der Waals surface area contributed by atoms with Crippen molar-refractivity contribution in [1.29, 1.82) is 0 Å². The summed E-state index contributed by atoms with van der Waals surface area (Å²) in [5.41, 5.74) is 1.67. The molecule has 25 heavy (non-hydrogen) atoms. The largest absolute Gasteiger partial charge is 0.322 e. The van der Waals surface area contributed by atoms with Crippen LogP contribution in [-0.2, 0) is 10.0 Å². The molecule has 2 rings (SSSR count). The number of hydrogen-bond donors (Lipinski definition) is 1. The van der Waals surface area contributed by atoms with Crippen LogP contribution in [0, 0.1) is 5.82 Å². The van der Waals surface area contributed by atoms with Gasteiger partial charge in [-0.05, 0) is 35.7 Å². The van der Waals surface area contributed by atoms with Gasteiger partial charge >= 0.3 is 0 Å². The quantitative estimate of drug-likeness (QED) is 0.884. The average molecular weight is 364 g/mol. The lowest BCUT2D eigenvalue weighted by molar-refractivity contribution is 0.102. The van der Waals surface area contributed by atoms with Crippen molar-refractivity contribution >= 4 is 21.6 Å². The number of rotatable bonds is 5. The minimum atomic E-state index is -3.98. The van der Waals surface area contributed by atoms with E-state index in [-0.39, 0.29) is 11.5 Å². The molecule has 2 aromatic carbocycles. The molecule has 0 aromatic heterocycles. The molecule has 0 aliphatic rings. The van der Waals surface area contributed by atoms with Crippen molar-refractivity contribution in [3.63, 3.8) is 0 Å². The predicted octanol–water partition coefficient (Wildman–Crippen LogP) is 3.45. The molecule has 0 spiro atoms. The maximum Gasteiger partial charge on any atom is 0.255 e. The molecular formula is C18H21FN2O3S. The van der Waals surface area contributed by atoms with E-state index in [4.69, 9.17) is 0 Å². The van der Waals surface area contributed by atoms with Crippen LogP contribution in [0.25, 0.3) is 0 Å². The van der Waals surface area contributed by atoms with Crippen LogP contribution in [0.2, 0.25) is 0 Å². The molecule has 0 unspecified atom stereocenters. The number of nitrogens with zero attached hydrogens (tertiary/aromatic N) is 1. The van der Waals surface area contributed by atoms with Gasteiger partial charge in [-0.15, -0.1) is 0 Å². The van der Waals surface area contributed by atoms with Gasteiger partial charge < -0.3 is 5.32 Å². The molecule has 0 aliphatic carbocycles. The third kappa shape index (κ3) is 4.05. The monoisotopic (exact) mass is 364 g/mol. The molecule has 1 amide bonds. The van der Waals surface area contributed by atoms with Gasteiger partial charge in [0, 0.05) is 25.3 Å². The van der Waals surface area contributed by atoms with Gasteiger partial charge in [0.25, 0.3) is 5.91 Å². The molecular weight excluding hydrogens is 343 g/mol. The standard InChI is InChI=1S/C18H21FN2O3S/c1-12(2)14-7-5-6-8-16(14)20-18(22)13-9-10-15(19)17(11-13)25(23,24)21(3)4/h5-12H,1-4H3,(H,20,22). The van der Waals surface area contributed by atoms with E-state index in [1.165, 1.54) is 20.2 Å². The molecule has 0 saturated heterocycles. The van der Waals surface area contributed by atoms with Gasteiger partial charge in [0.1, 0.15) is 10.7 Å². The van der Waals surface area contributed by atoms with Crippen molar-refractivity contribution in [2.24, 2.45) is 0 Å². The van der Waals surface area contributed by atoms with Crippen molar-refractivity contribution in [1.82, 2.24) is 4.31 Å². The van der Waals surface area contributed by atoms with Crippen LogP contribution in [0.4, 0.5) is 10.1 Å². The molecule has 134 valence electrons. The van der Waals surface area contributed by atoms with Gasteiger partial charge in [-0.1, -0.05) is 32.0 Å². The molecule has 0 radical (unpaired) electrons. The van der Waals surface area contributed by atoms with Crippen LogP contribution in [-0.4, -0.2) is 32.7 Å². The molecule has 7 heteroatoms. The summed E-state index contributed by atoms with van der Waals surface area (Å²) in [5.74, 6) is -1.19. The Morgan fingerprint density at radius 2 is 1.76 bits per heavy atom. The lowest BCUT2D eigenvalue weighted by Gasteiger charge is -2.15. The zero-order chi connectivity index (χ0) is 18.8. The molecule has 2 aromatic rings. The van der Waals surface area contributed by atoms with Gasteiger partial charge in [-0.25, -0.2) is 17.1 Å². The molecule has 0 bridgehead atoms. The third-order valence-corrected chi connectivity index (χ3v) is 5.61. The van der Waals surface area contributed by atoms with Crippen molar-refractivity contribution in [2.75, 3.05) is 19.4 Å². The molecule has 5 nitrogen and oxygen atoms in total. The first-order chi connectivity index (χ1) is 11.6.